The molecule has 0 radical (unpaired) electrons. The highest BCUT2D eigenvalue weighted by molar-refractivity contribution is 5.40. The maximum absolute atomic E-state index is 5.52. The van der Waals surface area contributed by atoms with Crippen molar-refractivity contribution >= 4 is 0 Å². The monoisotopic (exact) mass is 290 g/mol. The molecule has 0 bridgehead atoms. The fourth-order valence-corrected chi connectivity index (χ4v) is 4.08. The molecule has 1 aromatic carbocycles. The van der Waals surface area contributed by atoms with Gasteiger partial charge in [0.2, 0.25) is 0 Å². The van der Waals surface area contributed by atoms with Crippen LogP contribution in [-0.4, -0.2) is 44.8 Å². The van der Waals surface area contributed by atoms with Gasteiger partial charge in [-0.05, 0) is 49.5 Å². The van der Waals surface area contributed by atoms with Crippen LogP contribution in [0, 0.1) is 11.8 Å². The maximum atomic E-state index is 5.52. The van der Waals surface area contributed by atoms with E-state index in [4.69, 9.17) is 9.47 Å². The first-order valence-electron chi connectivity index (χ1n) is 7.92. The van der Waals surface area contributed by atoms with E-state index in [0.717, 1.165) is 29.9 Å². The lowest BCUT2D eigenvalue weighted by molar-refractivity contribution is 0.207. The van der Waals surface area contributed by atoms with Gasteiger partial charge in [0.05, 0.1) is 14.2 Å². The van der Waals surface area contributed by atoms with E-state index in [2.05, 4.69) is 23.2 Å². The van der Waals surface area contributed by atoms with Crippen LogP contribution in [0.3, 0.4) is 0 Å². The molecule has 2 fully saturated rings. The maximum Gasteiger partial charge on any atom is 0.123 e. The average Bonchev–Trinajstić information content (AvgIpc) is 3.07. The second-order valence-electron chi connectivity index (χ2n) is 6.16. The molecule has 116 valence electrons. The fraction of sp³-hybridized carbons (Fsp3) is 0.647. The Labute approximate surface area is 127 Å². The fourth-order valence-electron chi connectivity index (χ4n) is 4.08. The average molecular weight is 290 g/mol. The van der Waals surface area contributed by atoms with Gasteiger partial charge in [0.15, 0.2) is 0 Å². The molecule has 3 rings (SSSR count). The Bertz CT molecular complexity index is 492. The first kappa shape index (κ1) is 14.7. The Morgan fingerprint density at radius 2 is 2.10 bits per heavy atom. The number of rotatable bonds is 5. The largest absolute Gasteiger partial charge is 0.497 e. The van der Waals surface area contributed by atoms with Crippen LogP contribution in [0.1, 0.15) is 18.9 Å². The molecule has 21 heavy (non-hydrogen) atoms. The summed E-state index contributed by atoms with van der Waals surface area (Å²) in [7, 11) is 3.46. The minimum atomic E-state index is 0.681. The van der Waals surface area contributed by atoms with Gasteiger partial charge in [-0.1, -0.05) is 6.92 Å². The van der Waals surface area contributed by atoms with Gasteiger partial charge in [-0.15, -0.1) is 0 Å². The standard InChI is InChI=1S/C17H26N2O2/c1-4-16-15-9-18-8-13(15)11-19(16)10-12-7-14(20-2)5-6-17(12)21-3/h5-7,13,15-16,18H,4,8-11H2,1-3H3. The van der Waals surface area contributed by atoms with E-state index in [9.17, 15) is 0 Å². The van der Waals surface area contributed by atoms with E-state index in [-0.39, 0.29) is 0 Å². The van der Waals surface area contributed by atoms with E-state index < -0.39 is 0 Å². The van der Waals surface area contributed by atoms with Crippen LogP contribution >= 0.6 is 0 Å². The van der Waals surface area contributed by atoms with Gasteiger partial charge in [0.1, 0.15) is 11.5 Å². The van der Waals surface area contributed by atoms with Crippen LogP contribution in [0.4, 0.5) is 0 Å². The Morgan fingerprint density at radius 3 is 2.81 bits per heavy atom. The number of nitrogens with one attached hydrogen (secondary N) is 1. The van der Waals surface area contributed by atoms with Gasteiger partial charge < -0.3 is 14.8 Å². The highest BCUT2D eigenvalue weighted by Gasteiger charge is 2.43. The molecule has 4 heteroatoms. The van der Waals surface area contributed by atoms with Crippen LogP contribution in [0.5, 0.6) is 11.5 Å². The van der Waals surface area contributed by atoms with Crippen molar-refractivity contribution in [1.29, 1.82) is 0 Å². The van der Waals surface area contributed by atoms with Crippen molar-refractivity contribution in [2.24, 2.45) is 11.8 Å². The third-order valence-electron chi connectivity index (χ3n) is 5.10. The minimum Gasteiger partial charge on any atom is -0.497 e. The molecule has 2 saturated heterocycles. The number of likely N-dealkylation sites (tertiary alicyclic amines) is 1. The number of benzene rings is 1. The molecule has 1 aromatic rings. The normalized spacial score (nSPS) is 28.6. The lowest BCUT2D eigenvalue weighted by Crippen LogP contribution is -2.34. The summed E-state index contributed by atoms with van der Waals surface area (Å²) in [4.78, 5) is 2.63. The Kier molecular flexibility index (Phi) is 4.36. The molecular formula is C17H26N2O2. The van der Waals surface area contributed by atoms with Crippen LogP contribution < -0.4 is 14.8 Å². The summed E-state index contributed by atoms with van der Waals surface area (Å²) in [6.45, 7) is 6.80. The summed E-state index contributed by atoms with van der Waals surface area (Å²) in [5, 5.41) is 3.54. The molecule has 2 aliphatic rings. The lowest BCUT2D eigenvalue weighted by atomic mass is 9.93. The lowest BCUT2D eigenvalue weighted by Gasteiger charge is -2.27. The van der Waals surface area contributed by atoms with Crippen LogP contribution in [0.25, 0.3) is 0 Å². The van der Waals surface area contributed by atoms with Crippen molar-refractivity contribution in [3.05, 3.63) is 23.8 Å². The van der Waals surface area contributed by atoms with Crippen molar-refractivity contribution in [1.82, 2.24) is 10.2 Å². The zero-order chi connectivity index (χ0) is 14.8. The number of ether oxygens (including phenoxy) is 2. The summed E-state index contributed by atoms with van der Waals surface area (Å²) in [5.41, 5.74) is 1.23. The molecule has 3 unspecified atom stereocenters. The predicted molar refractivity (Wildman–Crippen MR) is 83.9 cm³/mol. The number of methoxy groups -OCH3 is 2. The summed E-state index contributed by atoms with van der Waals surface area (Å²) in [6, 6.07) is 6.76. The summed E-state index contributed by atoms with van der Waals surface area (Å²) >= 11 is 0. The number of nitrogens with zero attached hydrogens (tertiary/aromatic N) is 1. The van der Waals surface area contributed by atoms with Gasteiger partial charge in [-0.2, -0.15) is 0 Å². The molecule has 3 atom stereocenters. The van der Waals surface area contributed by atoms with Gasteiger partial charge >= 0.3 is 0 Å². The van der Waals surface area contributed by atoms with Crippen LogP contribution in [0.15, 0.2) is 18.2 Å². The van der Waals surface area contributed by atoms with Crippen molar-refractivity contribution in [2.45, 2.75) is 25.9 Å². The molecule has 0 aromatic heterocycles. The number of fused-ring (bicyclic) bond motifs is 1. The number of hydrogen-bond acceptors (Lipinski definition) is 4. The van der Waals surface area contributed by atoms with Gasteiger partial charge in [-0.25, -0.2) is 0 Å². The van der Waals surface area contributed by atoms with E-state index in [1.165, 1.54) is 31.6 Å². The zero-order valence-corrected chi connectivity index (χ0v) is 13.3. The van der Waals surface area contributed by atoms with Gasteiger partial charge in [0.25, 0.3) is 0 Å². The molecule has 2 aliphatic heterocycles. The smallest absolute Gasteiger partial charge is 0.123 e. The van der Waals surface area contributed by atoms with Crippen molar-refractivity contribution in [2.75, 3.05) is 33.9 Å². The van der Waals surface area contributed by atoms with E-state index in [0.29, 0.717) is 6.04 Å². The Balaban J connectivity index is 1.79. The SMILES string of the molecule is CCC1C2CNCC2CN1Cc1cc(OC)ccc1OC. The van der Waals surface area contributed by atoms with Gasteiger partial charge in [0, 0.05) is 24.7 Å². The second kappa shape index (κ2) is 6.24. The predicted octanol–water partition coefficient (Wildman–Crippen LogP) is 2.13. The molecule has 4 nitrogen and oxygen atoms in total. The van der Waals surface area contributed by atoms with E-state index in [1.807, 2.05) is 12.1 Å². The van der Waals surface area contributed by atoms with Crippen molar-refractivity contribution in [3.8, 4) is 11.5 Å². The molecule has 2 heterocycles. The summed E-state index contributed by atoms with van der Waals surface area (Å²) in [6.07, 6.45) is 1.22. The Morgan fingerprint density at radius 1 is 1.24 bits per heavy atom. The molecule has 0 aliphatic carbocycles. The quantitative estimate of drug-likeness (QED) is 0.901. The van der Waals surface area contributed by atoms with E-state index >= 15 is 0 Å². The molecular weight excluding hydrogens is 264 g/mol. The molecule has 0 saturated carbocycles. The first-order valence-corrected chi connectivity index (χ1v) is 7.92. The molecule has 1 N–H and O–H groups in total. The molecule has 0 spiro atoms. The minimum absolute atomic E-state index is 0.681. The highest BCUT2D eigenvalue weighted by atomic mass is 16.5. The Hall–Kier alpha value is -1.26. The van der Waals surface area contributed by atoms with E-state index in [1.54, 1.807) is 14.2 Å². The number of hydrogen-bond donors (Lipinski definition) is 1. The highest BCUT2D eigenvalue weighted by Crippen LogP contribution is 2.36. The summed E-state index contributed by atoms with van der Waals surface area (Å²) < 4.78 is 10.9. The van der Waals surface area contributed by atoms with Crippen LogP contribution in [0.2, 0.25) is 0 Å². The first-order chi connectivity index (χ1) is 10.3. The van der Waals surface area contributed by atoms with Crippen molar-refractivity contribution < 1.29 is 9.47 Å². The zero-order valence-electron chi connectivity index (χ0n) is 13.3. The van der Waals surface area contributed by atoms with Crippen molar-refractivity contribution in [3.63, 3.8) is 0 Å². The topological polar surface area (TPSA) is 33.7 Å². The second-order valence-corrected chi connectivity index (χ2v) is 6.16. The molecule has 0 amide bonds. The van der Waals surface area contributed by atoms with Gasteiger partial charge in [-0.3, -0.25) is 4.90 Å². The summed E-state index contributed by atoms with van der Waals surface area (Å²) in [5.74, 6) is 3.49. The third kappa shape index (κ3) is 2.74. The van der Waals surface area contributed by atoms with Crippen LogP contribution in [-0.2, 0) is 6.54 Å². The third-order valence-corrected chi connectivity index (χ3v) is 5.10.